The number of anilines is 1. The second-order valence-electron chi connectivity index (χ2n) is 5.99. The second kappa shape index (κ2) is 6.80. The van der Waals surface area contributed by atoms with Crippen molar-refractivity contribution >= 4 is 29.3 Å². The van der Waals surface area contributed by atoms with E-state index in [1.54, 1.807) is 24.3 Å². The quantitative estimate of drug-likeness (QED) is 0.895. The number of halogens is 1. The van der Waals surface area contributed by atoms with Crippen LogP contribution in [-0.2, 0) is 4.79 Å². The lowest BCUT2D eigenvalue weighted by Gasteiger charge is -2.31. The average molecular weight is 313 g/mol. The summed E-state index contributed by atoms with van der Waals surface area (Å²) in [6.07, 6.45) is 0. The molecule has 0 heterocycles. The van der Waals surface area contributed by atoms with Crippen LogP contribution in [0.1, 0.15) is 27.7 Å². The number of nitrogens with zero attached hydrogens (tertiary/aromatic N) is 1. The fourth-order valence-electron chi connectivity index (χ4n) is 1.52. The Hall–Kier alpha value is -1.75. The smallest absolute Gasteiger partial charge is 0.323 e. The van der Waals surface area contributed by atoms with Crippen LogP contribution in [0.4, 0.5) is 10.5 Å². The van der Waals surface area contributed by atoms with E-state index in [1.165, 1.54) is 4.90 Å². The predicted molar refractivity (Wildman–Crippen MR) is 83.9 cm³/mol. The Bertz CT molecular complexity index is 509. The Kier molecular flexibility index (Phi) is 5.61. The molecule has 1 rings (SSSR count). The second-order valence-corrected chi connectivity index (χ2v) is 6.43. The summed E-state index contributed by atoms with van der Waals surface area (Å²) in [7, 11) is 0. The van der Waals surface area contributed by atoms with Gasteiger partial charge in [-0.2, -0.15) is 0 Å². The lowest BCUT2D eigenvalue weighted by Crippen LogP contribution is -2.49. The number of carbonyl (C=O) groups excluding carboxylic acids is 1. The molecule has 116 valence electrons. The first kappa shape index (κ1) is 17.3. The van der Waals surface area contributed by atoms with Crippen molar-refractivity contribution in [3.63, 3.8) is 0 Å². The van der Waals surface area contributed by atoms with Crippen molar-refractivity contribution in [3.8, 4) is 0 Å². The number of carboxylic acids is 1. The molecule has 1 unspecified atom stereocenters. The zero-order chi connectivity index (χ0) is 16.2. The standard InChI is InChI=1S/C15H21ClN2O3/c1-10(15(2,3)4)17-14(21)18(9-13(19)20)12-7-5-11(16)6-8-12/h5-8,10H,9H2,1-4H3,(H,17,21)(H,19,20). The van der Waals surface area contributed by atoms with Crippen molar-refractivity contribution in [1.29, 1.82) is 0 Å². The highest BCUT2D eigenvalue weighted by atomic mass is 35.5. The van der Waals surface area contributed by atoms with Gasteiger partial charge in [0.15, 0.2) is 0 Å². The molecule has 5 nitrogen and oxygen atoms in total. The first-order chi connectivity index (χ1) is 9.61. The highest BCUT2D eigenvalue weighted by molar-refractivity contribution is 6.30. The van der Waals surface area contributed by atoms with Gasteiger partial charge < -0.3 is 10.4 Å². The highest BCUT2D eigenvalue weighted by Gasteiger charge is 2.25. The van der Waals surface area contributed by atoms with Gasteiger partial charge in [0.1, 0.15) is 6.54 Å². The topological polar surface area (TPSA) is 69.6 Å². The zero-order valence-corrected chi connectivity index (χ0v) is 13.4. The van der Waals surface area contributed by atoms with Gasteiger partial charge >= 0.3 is 12.0 Å². The summed E-state index contributed by atoms with van der Waals surface area (Å²) in [6.45, 7) is 7.48. The van der Waals surface area contributed by atoms with Crippen LogP contribution in [0, 0.1) is 5.41 Å². The summed E-state index contributed by atoms with van der Waals surface area (Å²) < 4.78 is 0. The molecule has 0 fully saturated rings. The molecule has 1 atom stereocenters. The average Bonchev–Trinajstić information content (AvgIpc) is 2.35. The fraction of sp³-hybridized carbons (Fsp3) is 0.467. The third-order valence-electron chi connectivity index (χ3n) is 3.32. The summed E-state index contributed by atoms with van der Waals surface area (Å²) in [4.78, 5) is 24.5. The molecule has 1 aromatic rings. The number of nitrogens with one attached hydrogen (secondary N) is 1. The van der Waals surface area contributed by atoms with Crippen LogP contribution in [0.15, 0.2) is 24.3 Å². The Morgan fingerprint density at radius 3 is 2.24 bits per heavy atom. The number of benzene rings is 1. The Balaban J connectivity index is 2.94. The van der Waals surface area contributed by atoms with Gasteiger partial charge in [0.05, 0.1) is 0 Å². The molecular formula is C15H21ClN2O3. The summed E-state index contributed by atoms with van der Waals surface area (Å²) in [5, 5.41) is 12.3. The molecule has 0 spiro atoms. The molecule has 0 aliphatic rings. The molecule has 21 heavy (non-hydrogen) atoms. The summed E-state index contributed by atoms with van der Waals surface area (Å²) in [5.41, 5.74) is 0.366. The van der Waals surface area contributed by atoms with Gasteiger partial charge in [-0.15, -0.1) is 0 Å². The van der Waals surface area contributed by atoms with E-state index >= 15 is 0 Å². The van der Waals surface area contributed by atoms with Crippen LogP contribution in [-0.4, -0.2) is 29.7 Å². The maximum absolute atomic E-state index is 12.3. The number of carboxylic acid groups (broad SMARTS) is 1. The largest absolute Gasteiger partial charge is 0.480 e. The van der Waals surface area contributed by atoms with Crippen molar-refractivity contribution in [2.24, 2.45) is 5.41 Å². The number of amides is 2. The van der Waals surface area contributed by atoms with Crippen LogP contribution in [0.2, 0.25) is 5.02 Å². The van der Waals surface area contributed by atoms with Crippen LogP contribution in [0.5, 0.6) is 0 Å². The van der Waals surface area contributed by atoms with E-state index < -0.39 is 18.5 Å². The van der Waals surface area contributed by atoms with Crippen LogP contribution < -0.4 is 10.2 Å². The minimum absolute atomic E-state index is 0.103. The third kappa shape index (κ3) is 5.27. The lowest BCUT2D eigenvalue weighted by molar-refractivity contribution is -0.135. The van der Waals surface area contributed by atoms with Gasteiger partial charge in [-0.3, -0.25) is 9.69 Å². The SMILES string of the molecule is CC(NC(=O)N(CC(=O)O)c1ccc(Cl)cc1)C(C)(C)C. The monoisotopic (exact) mass is 312 g/mol. The van der Waals surface area contributed by atoms with E-state index in [9.17, 15) is 9.59 Å². The Labute approximate surface area is 129 Å². The molecule has 0 aliphatic carbocycles. The molecule has 0 aliphatic heterocycles. The van der Waals surface area contributed by atoms with Gasteiger partial charge in [-0.25, -0.2) is 4.79 Å². The fourth-order valence-corrected chi connectivity index (χ4v) is 1.64. The molecule has 1 aromatic carbocycles. The summed E-state index contributed by atoms with van der Waals surface area (Å²) >= 11 is 5.81. The third-order valence-corrected chi connectivity index (χ3v) is 3.57. The van der Waals surface area contributed by atoms with Gasteiger partial charge in [0.2, 0.25) is 0 Å². The minimum atomic E-state index is -1.08. The van der Waals surface area contributed by atoms with Crippen molar-refractivity contribution in [1.82, 2.24) is 5.32 Å². The zero-order valence-electron chi connectivity index (χ0n) is 12.7. The molecule has 2 amide bonds. The molecule has 6 heteroatoms. The number of carbonyl (C=O) groups is 2. The summed E-state index contributed by atoms with van der Waals surface area (Å²) in [6, 6.07) is 5.92. The van der Waals surface area contributed by atoms with Gasteiger partial charge in [0, 0.05) is 16.8 Å². The number of urea groups is 1. The van der Waals surface area contributed by atoms with Gasteiger partial charge in [0.25, 0.3) is 0 Å². The van der Waals surface area contributed by atoms with Crippen LogP contribution in [0.3, 0.4) is 0 Å². The van der Waals surface area contributed by atoms with Crippen molar-refractivity contribution in [3.05, 3.63) is 29.3 Å². The summed E-state index contributed by atoms with van der Waals surface area (Å²) in [5.74, 6) is -1.08. The molecule has 0 saturated heterocycles. The molecule has 0 saturated carbocycles. The van der Waals surface area contributed by atoms with Crippen molar-refractivity contribution in [2.75, 3.05) is 11.4 Å². The number of aliphatic carboxylic acids is 1. The Morgan fingerprint density at radius 1 is 1.29 bits per heavy atom. The molecule has 2 N–H and O–H groups in total. The predicted octanol–water partition coefficient (Wildman–Crippen LogP) is 3.38. The van der Waals surface area contributed by atoms with E-state index in [1.807, 2.05) is 27.7 Å². The molecule has 0 bridgehead atoms. The number of hydrogen-bond donors (Lipinski definition) is 2. The van der Waals surface area contributed by atoms with E-state index in [4.69, 9.17) is 16.7 Å². The molecule has 0 aromatic heterocycles. The van der Waals surface area contributed by atoms with Crippen LogP contribution in [0.25, 0.3) is 0 Å². The lowest BCUT2D eigenvalue weighted by atomic mass is 9.88. The first-order valence-corrected chi connectivity index (χ1v) is 7.04. The van der Waals surface area contributed by atoms with Gasteiger partial charge in [-0.05, 0) is 36.6 Å². The normalized spacial score (nSPS) is 12.6. The Morgan fingerprint density at radius 2 is 1.81 bits per heavy atom. The molecule has 0 radical (unpaired) electrons. The van der Waals surface area contributed by atoms with Crippen LogP contribution >= 0.6 is 11.6 Å². The molecular weight excluding hydrogens is 292 g/mol. The van der Waals surface area contributed by atoms with E-state index in [2.05, 4.69) is 5.32 Å². The van der Waals surface area contributed by atoms with E-state index in [0.717, 1.165) is 0 Å². The number of hydrogen-bond acceptors (Lipinski definition) is 2. The van der Waals surface area contributed by atoms with E-state index in [-0.39, 0.29) is 11.5 Å². The highest BCUT2D eigenvalue weighted by Crippen LogP contribution is 2.21. The number of rotatable bonds is 4. The maximum Gasteiger partial charge on any atom is 0.323 e. The minimum Gasteiger partial charge on any atom is -0.480 e. The van der Waals surface area contributed by atoms with Crippen molar-refractivity contribution in [2.45, 2.75) is 33.7 Å². The van der Waals surface area contributed by atoms with Crippen molar-refractivity contribution < 1.29 is 14.7 Å². The maximum atomic E-state index is 12.3. The first-order valence-electron chi connectivity index (χ1n) is 6.66. The van der Waals surface area contributed by atoms with Gasteiger partial charge in [-0.1, -0.05) is 32.4 Å². The van der Waals surface area contributed by atoms with E-state index in [0.29, 0.717) is 10.7 Å².